The van der Waals surface area contributed by atoms with Crippen LogP contribution in [0.1, 0.15) is 63.4 Å². The van der Waals surface area contributed by atoms with Crippen molar-refractivity contribution in [3.63, 3.8) is 0 Å². The summed E-state index contributed by atoms with van der Waals surface area (Å²) in [5.74, 6) is 0.962. The van der Waals surface area contributed by atoms with Crippen LogP contribution in [0, 0.1) is 0 Å². The van der Waals surface area contributed by atoms with Gasteiger partial charge in [0.1, 0.15) is 11.4 Å². The molecule has 1 aromatic carbocycles. The van der Waals surface area contributed by atoms with E-state index in [0.29, 0.717) is 30.8 Å². The number of carbonyl (C=O) groups is 1. The summed E-state index contributed by atoms with van der Waals surface area (Å²) in [5.41, 5.74) is 0.528. The minimum absolute atomic E-state index is 0.164. The predicted octanol–water partition coefficient (Wildman–Crippen LogP) is 5.77. The first-order valence-corrected chi connectivity index (χ1v) is 10.2. The van der Waals surface area contributed by atoms with Gasteiger partial charge >= 0.3 is 12.3 Å². The van der Waals surface area contributed by atoms with E-state index in [4.69, 9.17) is 4.74 Å². The van der Waals surface area contributed by atoms with Crippen molar-refractivity contribution in [2.75, 3.05) is 13.1 Å². The van der Waals surface area contributed by atoms with Gasteiger partial charge in [-0.3, -0.25) is 0 Å². The second-order valence-corrected chi connectivity index (χ2v) is 8.65. The second-order valence-electron chi connectivity index (χ2n) is 8.65. The van der Waals surface area contributed by atoms with Gasteiger partial charge in [-0.25, -0.2) is 9.78 Å². The number of likely N-dealkylation sites (tertiary alicyclic amines) is 1. The molecular weight excluding hydrogens is 395 g/mol. The zero-order valence-electron chi connectivity index (χ0n) is 17.8. The Balaban J connectivity index is 1.68. The number of H-pyrrole nitrogens is 1. The zero-order chi connectivity index (χ0) is 22.1. The van der Waals surface area contributed by atoms with Crippen molar-refractivity contribution in [3.8, 4) is 11.3 Å². The number of aromatic nitrogens is 2. The predicted molar refractivity (Wildman–Crippen MR) is 108 cm³/mol. The Morgan fingerprint density at radius 2 is 1.90 bits per heavy atom. The van der Waals surface area contributed by atoms with Crippen LogP contribution in [0.25, 0.3) is 11.3 Å². The Kier molecular flexibility index (Phi) is 6.15. The number of nitrogens with one attached hydrogen (secondary N) is 1. The smallest absolute Gasteiger partial charge is 0.416 e. The van der Waals surface area contributed by atoms with Crippen LogP contribution in [0.2, 0.25) is 0 Å². The van der Waals surface area contributed by atoms with Crippen LogP contribution in [0.15, 0.2) is 24.4 Å². The van der Waals surface area contributed by atoms with E-state index >= 15 is 0 Å². The third-order valence-electron chi connectivity index (χ3n) is 5.23. The molecule has 30 heavy (non-hydrogen) atoms. The number of hydrogen-bond acceptors (Lipinski definition) is 3. The molecule has 0 atom stereocenters. The third-order valence-corrected chi connectivity index (χ3v) is 5.23. The summed E-state index contributed by atoms with van der Waals surface area (Å²) in [6, 6.07) is 4.18. The average Bonchev–Trinajstić information content (AvgIpc) is 3.15. The highest BCUT2D eigenvalue weighted by atomic mass is 19.4. The molecule has 1 aromatic heterocycles. The minimum atomic E-state index is -4.36. The van der Waals surface area contributed by atoms with Gasteiger partial charge < -0.3 is 14.6 Å². The van der Waals surface area contributed by atoms with E-state index in [1.54, 1.807) is 24.1 Å². The summed E-state index contributed by atoms with van der Waals surface area (Å²) in [6.07, 6.45) is -1.20. The van der Waals surface area contributed by atoms with Gasteiger partial charge in [-0.2, -0.15) is 13.2 Å². The Morgan fingerprint density at radius 1 is 1.23 bits per heavy atom. The van der Waals surface area contributed by atoms with E-state index in [2.05, 4.69) is 9.97 Å². The number of nitrogens with zero attached hydrogens (tertiary/aromatic N) is 2. The Labute approximate surface area is 174 Å². The van der Waals surface area contributed by atoms with Crippen LogP contribution < -0.4 is 0 Å². The zero-order valence-corrected chi connectivity index (χ0v) is 17.8. The standard InChI is InChI=1S/C22H28F3N3O2/c1-5-14-12-16(6-7-17(14)22(23,24)25)18-13-26-19(27-18)15-8-10-28(11-9-15)20(29)30-21(2,3)4/h6-7,12-13,15H,5,8-11H2,1-4H3,(H,26,27). The number of amides is 1. The van der Waals surface area contributed by atoms with E-state index in [9.17, 15) is 18.0 Å². The summed E-state index contributed by atoms with van der Waals surface area (Å²) in [5, 5.41) is 0. The lowest BCUT2D eigenvalue weighted by Crippen LogP contribution is -2.41. The maximum absolute atomic E-state index is 13.1. The summed E-state index contributed by atoms with van der Waals surface area (Å²) < 4.78 is 44.8. The lowest BCUT2D eigenvalue weighted by Gasteiger charge is -2.32. The highest BCUT2D eigenvalue weighted by molar-refractivity contribution is 5.68. The molecule has 0 spiro atoms. The van der Waals surface area contributed by atoms with Gasteiger partial charge in [0, 0.05) is 19.0 Å². The highest BCUT2D eigenvalue weighted by Crippen LogP contribution is 2.35. The molecule has 0 aliphatic carbocycles. The quantitative estimate of drug-likeness (QED) is 0.682. The number of halogens is 3. The number of rotatable bonds is 3. The summed E-state index contributed by atoms with van der Waals surface area (Å²) in [4.78, 5) is 21.6. The fourth-order valence-electron chi connectivity index (χ4n) is 3.68. The molecule has 0 saturated carbocycles. The molecule has 1 saturated heterocycles. The highest BCUT2D eigenvalue weighted by Gasteiger charge is 2.33. The van der Waals surface area contributed by atoms with E-state index in [-0.39, 0.29) is 17.6 Å². The third kappa shape index (κ3) is 5.15. The lowest BCUT2D eigenvalue weighted by atomic mass is 9.96. The molecule has 2 heterocycles. The fraction of sp³-hybridized carbons (Fsp3) is 0.545. The van der Waals surface area contributed by atoms with Crippen LogP contribution in [0.3, 0.4) is 0 Å². The summed E-state index contributed by atoms with van der Waals surface area (Å²) >= 11 is 0. The maximum atomic E-state index is 13.1. The van der Waals surface area contributed by atoms with Crippen LogP contribution in [-0.4, -0.2) is 39.7 Å². The van der Waals surface area contributed by atoms with Crippen LogP contribution in [0.5, 0.6) is 0 Å². The fourth-order valence-corrected chi connectivity index (χ4v) is 3.68. The molecule has 5 nitrogen and oxygen atoms in total. The van der Waals surface area contributed by atoms with E-state index in [0.717, 1.165) is 24.7 Å². The van der Waals surface area contributed by atoms with Gasteiger partial charge in [0.15, 0.2) is 0 Å². The minimum Gasteiger partial charge on any atom is -0.444 e. The molecule has 3 rings (SSSR count). The average molecular weight is 423 g/mol. The van der Waals surface area contributed by atoms with Crippen molar-refractivity contribution < 1.29 is 22.7 Å². The second kappa shape index (κ2) is 8.32. The maximum Gasteiger partial charge on any atom is 0.416 e. The molecule has 1 N–H and O–H groups in total. The van der Waals surface area contributed by atoms with Crippen molar-refractivity contribution in [2.24, 2.45) is 0 Å². The van der Waals surface area contributed by atoms with Crippen LogP contribution >= 0.6 is 0 Å². The van der Waals surface area contributed by atoms with E-state index < -0.39 is 17.3 Å². The number of alkyl halides is 3. The molecule has 164 valence electrons. The Morgan fingerprint density at radius 3 is 2.47 bits per heavy atom. The van der Waals surface area contributed by atoms with Crippen molar-refractivity contribution in [2.45, 2.75) is 64.7 Å². The first-order chi connectivity index (χ1) is 14.0. The molecule has 1 aliphatic rings. The number of imidazole rings is 1. The van der Waals surface area contributed by atoms with E-state index in [1.807, 2.05) is 20.8 Å². The van der Waals surface area contributed by atoms with Gasteiger partial charge in [0.05, 0.1) is 17.5 Å². The number of carbonyl (C=O) groups excluding carboxylic acids is 1. The molecule has 0 radical (unpaired) electrons. The first-order valence-electron chi connectivity index (χ1n) is 10.2. The van der Waals surface area contributed by atoms with E-state index in [1.165, 1.54) is 6.07 Å². The normalized spacial score (nSPS) is 16.0. The molecule has 1 aliphatic heterocycles. The largest absolute Gasteiger partial charge is 0.444 e. The van der Waals surface area contributed by atoms with Gasteiger partial charge in [-0.15, -0.1) is 0 Å². The summed E-state index contributed by atoms with van der Waals surface area (Å²) in [7, 11) is 0. The number of aromatic amines is 1. The SMILES string of the molecule is CCc1cc(-c2cnc(C3CCN(C(=O)OC(C)(C)C)CC3)[nH]2)ccc1C(F)(F)F. The Bertz CT molecular complexity index is 892. The van der Waals surface area contributed by atoms with Gasteiger partial charge in [-0.05, 0) is 63.3 Å². The Hall–Kier alpha value is -2.51. The van der Waals surface area contributed by atoms with Crippen molar-refractivity contribution >= 4 is 6.09 Å². The number of hydrogen-bond donors (Lipinski definition) is 1. The van der Waals surface area contributed by atoms with Crippen LogP contribution in [0.4, 0.5) is 18.0 Å². The number of piperidine rings is 1. The van der Waals surface area contributed by atoms with Crippen LogP contribution in [-0.2, 0) is 17.3 Å². The molecule has 1 amide bonds. The number of aryl methyl sites for hydroxylation is 1. The summed E-state index contributed by atoms with van der Waals surface area (Å²) in [6.45, 7) is 8.39. The molecule has 0 bridgehead atoms. The molecule has 1 fully saturated rings. The van der Waals surface area contributed by atoms with Gasteiger partial charge in [-0.1, -0.05) is 13.0 Å². The molecular formula is C22H28F3N3O2. The van der Waals surface area contributed by atoms with Crippen molar-refractivity contribution in [1.29, 1.82) is 0 Å². The molecule has 2 aromatic rings. The first kappa shape index (κ1) is 22.2. The molecule has 8 heteroatoms. The molecule has 0 unspecified atom stereocenters. The number of benzene rings is 1. The van der Waals surface area contributed by atoms with Crippen molar-refractivity contribution in [3.05, 3.63) is 41.3 Å². The lowest BCUT2D eigenvalue weighted by molar-refractivity contribution is -0.138. The van der Waals surface area contributed by atoms with Crippen molar-refractivity contribution in [1.82, 2.24) is 14.9 Å². The topological polar surface area (TPSA) is 58.2 Å². The van der Waals surface area contributed by atoms with Gasteiger partial charge in [0.25, 0.3) is 0 Å². The monoisotopic (exact) mass is 423 g/mol. The van der Waals surface area contributed by atoms with Gasteiger partial charge in [0.2, 0.25) is 0 Å². The number of ether oxygens (including phenoxy) is 1.